The van der Waals surface area contributed by atoms with Crippen LogP contribution in [0.3, 0.4) is 0 Å². The fourth-order valence-electron chi connectivity index (χ4n) is 2.63. The normalized spacial score (nSPS) is 11.3. The first-order chi connectivity index (χ1) is 14.3. The number of non-ortho nitro benzene ring substituents is 1. The van der Waals surface area contributed by atoms with Crippen molar-refractivity contribution in [2.45, 2.75) is 6.54 Å². The molecule has 0 aliphatic heterocycles. The van der Waals surface area contributed by atoms with Crippen molar-refractivity contribution in [2.24, 2.45) is 4.99 Å². The molecule has 0 spiro atoms. The summed E-state index contributed by atoms with van der Waals surface area (Å²) in [6.07, 6.45) is 0. The largest absolute Gasteiger partial charge is 0.468 e. The summed E-state index contributed by atoms with van der Waals surface area (Å²) in [6.45, 7) is -0.194. The van der Waals surface area contributed by atoms with Crippen LogP contribution in [-0.4, -0.2) is 41.6 Å². The van der Waals surface area contributed by atoms with Gasteiger partial charge in [0.15, 0.2) is 4.80 Å². The molecule has 2 aromatic carbocycles. The van der Waals surface area contributed by atoms with Crippen molar-refractivity contribution in [2.75, 3.05) is 14.2 Å². The van der Waals surface area contributed by atoms with Crippen LogP contribution in [0.4, 0.5) is 5.69 Å². The Hall–Kier alpha value is -3.86. The fraction of sp³-hybridized carbons (Fsp3) is 0.158. The fourth-order valence-corrected chi connectivity index (χ4v) is 3.69. The molecule has 0 atom stereocenters. The Bertz CT molecular complexity index is 1230. The number of nitrogens with zero attached hydrogens (tertiary/aromatic N) is 3. The van der Waals surface area contributed by atoms with Gasteiger partial charge in [0, 0.05) is 17.7 Å². The van der Waals surface area contributed by atoms with Crippen molar-refractivity contribution >= 4 is 45.1 Å². The van der Waals surface area contributed by atoms with Crippen molar-refractivity contribution in [3.05, 3.63) is 68.5 Å². The first-order valence-corrected chi connectivity index (χ1v) is 9.27. The molecular formula is C19H15N3O7S. The van der Waals surface area contributed by atoms with Gasteiger partial charge in [0.25, 0.3) is 11.6 Å². The van der Waals surface area contributed by atoms with Gasteiger partial charge in [0.1, 0.15) is 6.54 Å². The smallest absolute Gasteiger partial charge is 0.337 e. The molecule has 0 saturated heterocycles. The lowest BCUT2D eigenvalue weighted by molar-refractivity contribution is -0.384. The maximum atomic E-state index is 12.6. The third-order valence-corrected chi connectivity index (χ3v) is 5.18. The average molecular weight is 429 g/mol. The summed E-state index contributed by atoms with van der Waals surface area (Å²) in [5, 5.41) is 10.8. The number of hydrogen-bond acceptors (Lipinski definition) is 8. The number of ether oxygens (including phenoxy) is 2. The Kier molecular flexibility index (Phi) is 6.02. The van der Waals surface area contributed by atoms with Crippen LogP contribution in [0.25, 0.3) is 10.2 Å². The molecule has 0 fully saturated rings. The lowest BCUT2D eigenvalue weighted by Crippen LogP contribution is -2.22. The number of thiazole rings is 1. The van der Waals surface area contributed by atoms with Crippen molar-refractivity contribution in [1.29, 1.82) is 0 Å². The number of fused-ring (bicyclic) bond motifs is 1. The Morgan fingerprint density at radius 3 is 2.33 bits per heavy atom. The van der Waals surface area contributed by atoms with Gasteiger partial charge >= 0.3 is 11.9 Å². The summed E-state index contributed by atoms with van der Waals surface area (Å²) in [6, 6.07) is 9.76. The second-order valence-electron chi connectivity index (χ2n) is 5.94. The molecule has 0 aliphatic rings. The molecule has 30 heavy (non-hydrogen) atoms. The van der Waals surface area contributed by atoms with E-state index in [1.54, 1.807) is 12.1 Å². The van der Waals surface area contributed by atoms with Crippen LogP contribution < -0.4 is 4.80 Å². The zero-order chi connectivity index (χ0) is 21.8. The Balaban J connectivity index is 2.10. The number of methoxy groups -OCH3 is 2. The summed E-state index contributed by atoms with van der Waals surface area (Å²) >= 11 is 1.10. The molecule has 3 rings (SSSR count). The van der Waals surface area contributed by atoms with E-state index in [4.69, 9.17) is 9.47 Å². The molecule has 11 heteroatoms. The van der Waals surface area contributed by atoms with E-state index in [0.29, 0.717) is 15.8 Å². The molecule has 3 aromatic rings. The summed E-state index contributed by atoms with van der Waals surface area (Å²) in [5.41, 5.74) is 0.889. The van der Waals surface area contributed by atoms with Gasteiger partial charge in [-0.05, 0) is 30.3 Å². The third-order valence-electron chi connectivity index (χ3n) is 4.14. The standard InChI is InChI=1S/C19H15N3O7S/c1-28-16(23)10-21-14-8-5-12(18(25)29-2)9-15(14)30-19(21)20-17(24)11-3-6-13(7-4-11)22(26)27/h3-9H,10H2,1-2H3. The monoisotopic (exact) mass is 429 g/mol. The van der Waals surface area contributed by atoms with E-state index in [9.17, 15) is 24.5 Å². The van der Waals surface area contributed by atoms with Gasteiger partial charge in [-0.1, -0.05) is 11.3 Å². The molecule has 0 N–H and O–H groups in total. The first-order valence-electron chi connectivity index (χ1n) is 8.46. The molecule has 0 unspecified atom stereocenters. The molecule has 0 aliphatic carbocycles. The van der Waals surface area contributed by atoms with Gasteiger partial charge in [-0.2, -0.15) is 4.99 Å². The molecule has 1 aromatic heterocycles. The summed E-state index contributed by atoms with van der Waals surface area (Å²) in [7, 11) is 2.51. The maximum absolute atomic E-state index is 12.6. The number of carbonyl (C=O) groups is 3. The zero-order valence-electron chi connectivity index (χ0n) is 15.9. The highest BCUT2D eigenvalue weighted by atomic mass is 32.1. The molecule has 1 heterocycles. The lowest BCUT2D eigenvalue weighted by Gasteiger charge is -2.04. The first kappa shape index (κ1) is 20.9. The molecule has 10 nitrogen and oxygen atoms in total. The van der Waals surface area contributed by atoms with E-state index in [0.717, 1.165) is 11.3 Å². The minimum absolute atomic E-state index is 0.149. The third kappa shape index (κ3) is 4.25. The SMILES string of the molecule is COC(=O)Cn1c(=NC(=O)c2ccc([N+](=O)[O-])cc2)sc2cc(C(=O)OC)ccc21. The van der Waals surface area contributed by atoms with Crippen LogP contribution >= 0.6 is 11.3 Å². The molecule has 1 amide bonds. The Labute approximate surface area is 173 Å². The average Bonchev–Trinajstić information content (AvgIpc) is 3.08. The van der Waals surface area contributed by atoms with E-state index < -0.39 is 22.8 Å². The van der Waals surface area contributed by atoms with Gasteiger partial charge in [-0.3, -0.25) is 19.7 Å². The second-order valence-corrected chi connectivity index (χ2v) is 6.95. The van der Waals surface area contributed by atoms with Crippen LogP contribution in [0, 0.1) is 10.1 Å². The van der Waals surface area contributed by atoms with E-state index in [1.165, 1.54) is 49.1 Å². The minimum Gasteiger partial charge on any atom is -0.468 e. The molecule has 0 radical (unpaired) electrons. The van der Waals surface area contributed by atoms with Gasteiger partial charge < -0.3 is 14.0 Å². The van der Waals surface area contributed by atoms with Crippen LogP contribution in [0.15, 0.2) is 47.5 Å². The van der Waals surface area contributed by atoms with Gasteiger partial charge in [0.2, 0.25) is 0 Å². The number of hydrogen-bond donors (Lipinski definition) is 0. The number of aromatic nitrogens is 1. The predicted molar refractivity (Wildman–Crippen MR) is 106 cm³/mol. The van der Waals surface area contributed by atoms with Crippen molar-refractivity contribution in [3.8, 4) is 0 Å². The Morgan fingerprint density at radius 2 is 1.73 bits per heavy atom. The Morgan fingerprint density at radius 1 is 1.07 bits per heavy atom. The van der Waals surface area contributed by atoms with Crippen LogP contribution in [0.1, 0.15) is 20.7 Å². The maximum Gasteiger partial charge on any atom is 0.337 e. The van der Waals surface area contributed by atoms with E-state index in [2.05, 4.69) is 4.99 Å². The molecule has 154 valence electrons. The minimum atomic E-state index is -0.636. The van der Waals surface area contributed by atoms with E-state index in [1.807, 2.05) is 0 Å². The highest BCUT2D eigenvalue weighted by Crippen LogP contribution is 2.20. The topological polar surface area (TPSA) is 130 Å². The second kappa shape index (κ2) is 8.66. The van der Waals surface area contributed by atoms with Gasteiger partial charge in [0.05, 0.1) is 34.9 Å². The molecule has 0 bridgehead atoms. The van der Waals surface area contributed by atoms with E-state index in [-0.39, 0.29) is 22.6 Å². The molecular weight excluding hydrogens is 414 g/mol. The zero-order valence-corrected chi connectivity index (χ0v) is 16.7. The number of rotatable bonds is 5. The van der Waals surface area contributed by atoms with Crippen molar-refractivity contribution < 1.29 is 28.8 Å². The van der Waals surface area contributed by atoms with Crippen molar-refractivity contribution in [1.82, 2.24) is 4.57 Å². The highest BCUT2D eigenvalue weighted by molar-refractivity contribution is 7.16. The summed E-state index contributed by atoms with van der Waals surface area (Å²) < 4.78 is 11.5. The van der Waals surface area contributed by atoms with Crippen LogP contribution in [0.5, 0.6) is 0 Å². The van der Waals surface area contributed by atoms with Crippen LogP contribution in [0.2, 0.25) is 0 Å². The number of benzene rings is 2. The summed E-state index contributed by atoms with van der Waals surface area (Å²) in [5.74, 6) is -1.70. The summed E-state index contributed by atoms with van der Waals surface area (Å²) in [4.78, 5) is 50.7. The predicted octanol–water partition coefficient (Wildman–Crippen LogP) is 2.31. The molecule has 0 saturated carbocycles. The number of nitro benzene ring substituents is 1. The highest BCUT2D eigenvalue weighted by Gasteiger charge is 2.15. The number of carbonyl (C=O) groups excluding carboxylic acids is 3. The number of nitro groups is 1. The van der Waals surface area contributed by atoms with Gasteiger partial charge in [-0.25, -0.2) is 4.79 Å². The van der Waals surface area contributed by atoms with Gasteiger partial charge in [-0.15, -0.1) is 0 Å². The number of amides is 1. The van der Waals surface area contributed by atoms with Crippen LogP contribution in [-0.2, 0) is 20.8 Å². The van der Waals surface area contributed by atoms with E-state index >= 15 is 0 Å². The quantitative estimate of drug-likeness (QED) is 0.345. The lowest BCUT2D eigenvalue weighted by atomic mass is 10.2. The number of esters is 2. The van der Waals surface area contributed by atoms with Crippen molar-refractivity contribution in [3.63, 3.8) is 0 Å².